The Kier molecular flexibility index (Phi) is 7.59. The Morgan fingerprint density at radius 2 is 1.81 bits per heavy atom. The van der Waals surface area contributed by atoms with Crippen LogP contribution in [0.15, 0.2) is 42.5 Å². The van der Waals surface area contributed by atoms with Crippen LogP contribution in [0.1, 0.15) is 52.5 Å². The summed E-state index contributed by atoms with van der Waals surface area (Å²) in [6.07, 6.45) is 2.05. The van der Waals surface area contributed by atoms with Gasteiger partial charge in [-0.2, -0.15) is 0 Å². The number of fused-ring (bicyclic) bond motifs is 1. The summed E-state index contributed by atoms with van der Waals surface area (Å²) in [7, 11) is 1.63. The third-order valence-electron chi connectivity index (χ3n) is 7.27. The van der Waals surface area contributed by atoms with Crippen molar-refractivity contribution >= 4 is 23.2 Å². The highest BCUT2D eigenvalue weighted by molar-refractivity contribution is 6.02. The van der Waals surface area contributed by atoms with Gasteiger partial charge in [0.05, 0.1) is 23.6 Å². The van der Waals surface area contributed by atoms with Crippen molar-refractivity contribution in [2.24, 2.45) is 11.3 Å². The zero-order valence-corrected chi connectivity index (χ0v) is 22.1. The van der Waals surface area contributed by atoms with E-state index >= 15 is 0 Å². The molecule has 4 rings (SSSR count). The zero-order chi connectivity index (χ0) is 25.9. The van der Waals surface area contributed by atoms with Gasteiger partial charge in [0.15, 0.2) is 0 Å². The van der Waals surface area contributed by atoms with Crippen LogP contribution in [-0.2, 0) is 19.7 Å². The minimum atomic E-state index is -0.705. The molecule has 2 aromatic carbocycles. The van der Waals surface area contributed by atoms with Crippen LogP contribution in [0.25, 0.3) is 0 Å². The summed E-state index contributed by atoms with van der Waals surface area (Å²) in [5.41, 5.74) is 0.944. The van der Waals surface area contributed by atoms with Gasteiger partial charge in [0.2, 0.25) is 11.8 Å². The number of carbonyl (C=O) groups is 2. The van der Waals surface area contributed by atoms with Gasteiger partial charge in [-0.05, 0) is 74.9 Å². The van der Waals surface area contributed by atoms with Crippen molar-refractivity contribution in [3.63, 3.8) is 0 Å². The number of nitrogens with one attached hydrogen (secondary N) is 1. The van der Waals surface area contributed by atoms with Crippen LogP contribution in [0.3, 0.4) is 0 Å². The van der Waals surface area contributed by atoms with Crippen LogP contribution >= 0.6 is 0 Å². The van der Waals surface area contributed by atoms with Gasteiger partial charge in [0.25, 0.3) is 0 Å². The molecule has 0 radical (unpaired) electrons. The Balaban J connectivity index is 1.65. The minimum Gasteiger partial charge on any atom is -0.497 e. The monoisotopic (exact) mass is 494 g/mol. The molecule has 2 aliphatic heterocycles. The Bertz CT molecular complexity index is 1090. The van der Waals surface area contributed by atoms with Crippen molar-refractivity contribution in [2.75, 3.05) is 43.7 Å². The van der Waals surface area contributed by atoms with Gasteiger partial charge in [0.1, 0.15) is 18.1 Å². The molecule has 0 saturated carbocycles. The summed E-state index contributed by atoms with van der Waals surface area (Å²) < 4.78 is 17.0. The number of methoxy groups -OCH3 is 1. The smallest absolute Gasteiger partial charge is 0.236 e. The number of anilines is 2. The number of hydrogen-bond acceptors (Lipinski definition) is 5. The molecule has 0 unspecified atom stereocenters. The Morgan fingerprint density at radius 3 is 2.44 bits per heavy atom. The SMILES string of the molecule is COc1ccc(C2(C(=O)Nc3ccc4c(c3)N(CCC(C)C)C(=O)C(C)(C)CO4)CCOCC2)cc1. The fourth-order valence-corrected chi connectivity index (χ4v) is 4.86. The molecular formula is C29H38N2O5. The molecule has 1 N–H and O–H groups in total. The number of nitrogens with zero attached hydrogens (tertiary/aromatic N) is 1. The molecule has 2 aromatic rings. The molecule has 36 heavy (non-hydrogen) atoms. The summed E-state index contributed by atoms with van der Waals surface area (Å²) >= 11 is 0. The van der Waals surface area contributed by atoms with E-state index in [1.165, 1.54) is 0 Å². The number of hydrogen-bond donors (Lipinski definition) is 1. The first-order valence-electron chi connectivity index (χ1n) is 12.8. The molecular weight excluding hydrogens is 456 g/mol. The highest BCUT2D eigenvalue weighted by atomic mass is 16.5. The molecule has 1 saturated heterocycles. The molecule has 2 aliphatic rings. The lowest BCUT2D eigenvalue weighted by atomic mass is 9.73. The maximum atomic E-state index is 13.8. The first-order chi connectivity index (χ1) is 17.2. The molecule has 2 heterocycles. The van der Waals surface area contributed by atoms with Gasteiger partial charge >= 0.3 is 0 Å². The van der Waals surface area contributed by atoms with E-state index in [0.29, 0.717) is 62.2 Å². The van der Waals surface area contributed by atoms with E-state index < -0.39 is 10.8 Å². The van der Waals surface area contributed by atoms with Crippen LogP contribution in [0.2, 0.25) is 0 Å². The lowest BCUT2D eigenvalue weighted by Gasteiger charge is -2.36. The van der Waals surface area contributed by atoms with Crippen molar-refractivity contribution < 1.29 is 23.8 Å². The van der Waals surface area contributed by atoms with E-state index in [1.807, 2.05) is 61.2 Å². The molecule has 1 fully saturated rings. The molecule has 0 spiro atoms. The van der Waals surface area contributed by atoms with Crippen LogP contribution in [-0.4, -0.2) is 45.3 Å². The fraction of sp³-hybridized carbons (Fsp3) is 0.517. The summed E-state index contributed by atoms with van der Waals surface area (Å²) in [6, 6.07) is 13.3. The lowest BCUT2D eigenvalue weighted by molar-refractivity contribution is -0.127. The highest BCUT2D eigenvalue weighted by Gasteiger charge is 2.42. The first-order valence-corrected chi connectivity index (χ1v) is 12.8. The third-order valence-corrected chi connectivity index (χ3v) is 7.27. The van der Waals surface area contributed by atoms with Crippen molar-refractivity contribution in [1.29, 1.82) is 0 Å². The third kappa shape index (κ3) is 5.21. The second kappa shape index (κ2) is 10.5. The van der Waals surface area contributed by atoms with E-state index in [0.717, 1.165) is 17.7 Å². The lowest BCUT2D eigenvalue weighted by Crippen LogP contribution is -2.45. The molecule has 0 aromatic heterocycles. The van der Waals surface area contributed by atoms with Gasteiger partial charge < -0.3 is 24.4 Å². The quantitative estimate of drug-likeness (QED) is 0.574. The molecule has 7 heteroatoms. The van der Waals surface area contributed by atoms with Crippen LogP contribution in [0.5, 0.6) is 11.5 Å². The van der Waals surface area contributed by atoms with Crippen molar-refractivity contribution in [1.82, 2.24) is 0 Å². The average Bonchev–Trinajstić information content (AvgIpc) is 2.97. The number of benzene rings is 2. The van der Waals surface area contributed by atoms with Crippen molar-refractivity contribution in [2.45, 2.75) is 52.4 Å². The number of rotatable bonds is 7. The summed E-state index contributed by atoms with van der Waals surface area (Å²) in [5.74, 6) is 1.82. The maximum absolute atomic E-state index is 13.8. The normalized spacial score (nSPS) is 18.7. The van der Waals surface area contributed by atoms with Gasteiger partial charge in [0, 0.05) is 25.4 Å². The van der Waals surface area contributed by atoms with Crippen LogP contribution in [0, 0.1) is 11.3 Å². The van der Waals surface area contributed by atoms with Crippen LogP contribution < -0.4 is 19.7 Å². The first kappa shape index (κ1) is 26.0. The average molecular weight is 495 g/mol. The van der Waals surface area contributed by atoms with E-state index in [4.69, 9.17) is 14.2 Å². The molecule has 0 atom stereocenters. The number of ether oxygens (including phenoxy) is 3. The van der Waals surface area contributed by atoms with E-state index in [-0.39, 0.29) is 11.8 Å². The van der Waals surface area contributed by atoms with Gasteiger partial charge in [-0.1, -0.05) is 26.0 Å². The Hall–Kier alpha value is -3.06. The standard InChI is InChI=1S/C29H38N2O5/c1-20(2)12-15-31-24-18-22(8-11-25(24)36-19-28(3,4)27(31)33)30-26(32)29(13-16-35-17-14-29)21-6-9-23(34-5)10-7-21/h6-11,18,20H,12-17,19H2,1-5H3,(H,30,32). The van der Waals surface area contributed by atoms with Crippen molar-refractivity contribution in [3.8, 4) is 11.5 Å². The Labute approximate surface area is 214 Å². The second-order valence-corrected chi connectivity index (χ2v) is 10.9. The molecule has 194 valence electrons. The largest absolute Gasteiger partial charge is 0.497 e. The molecule has 2 amide bonds. The number of amides is 2. The molecule has 0 bridgehead atoms. The summed E-state index contributed by atoms with van der Waals surface area (Å²) in [4.78, 5) is 29.1. The van der Waals surface area contributed by atoms with Crippen LogP contribution in [0.4, 0.5) is 11.4 Å². The highest BCUT2D eigenvalue weighted by Crippen LogP contribution is 2.40. The maximum Gasteiger partial charge on any atom is 0.236 e. The predicted octanol–water partition coefficient (Wildman–Crippen LogP) is 5.18. The molecule has 7 nitrogen and oxygen atoms in total. The number of carbonyl (C=O) groups excluding carboxylic acids is 2. The zero-order valence-electron chi connectivity index (χ0n) is 22.1. The minimum absolute atomic E-state index is 0.0320. The van der Waals surface area contributed by atoms with E-state index in [1.54, 1.807) is 7.11 Å². The fourth-order valence-electron chi connectivity index (χ4n) is 4.86. The summed E-state index contributed by atoms with van der Waals surface area (Å²) in [5, 5.41) is 3.15. The summed E-state index contributed by atoms with van der Waals surface area (Å²) in [6.45, 7) is 10.1. The topological polar surface area (TPSA) is 77.1 Å². The van der Waals surface area contributed by atoms with Crippen molar-refractivity contribution in [3.05, 3.63) is 48.0 Å². The predicted molar refractivity (Wildman–Crippen MR) is 141 cm³/mol. The second-order valence-electron chi connectivity index (χ2n) is 10.9. The van der Waals surface area contributed by atoms with E-state index in [2.05, 4.69) is 19.2 Å². The molecule has 0 aliphatic carbocycles. The van der Waals surface area contributed by atoms with Gasteiger partial charge in [-0.25, -0.2) is 0 Å². The van der Waals surface area contributed by atoms with Gasteiger partial charge in [-0.15, -0.1) is 0 Å². The Morgan fingerprint density at radius 1 is 1.11 bits per heavy atom. The van der Waals surface area contributed by atoms with E-state index in [9.17, 15) is 9.59 Å². The van der Waals surface area contributed by atoms with Gasteiger partial charge in [-0.3, -0.25) is 9.59 Å².